The average molecular weight is 285 g/mol. The summed E-state index contributed by atoms with van der Waals surface area (Å²) in [6.07, 6.45) is 1.40. The van der Waals surface area contributed by atoms with Gasteiger partial charge in [0, 0.05) is 10.9 Å². The Morgan fingerprint density at radius 3 is 2.79 bits per heavy atom. The maximum Gasteiger partial charge on any atom is 0.352 e. The van der Waals surface area contributed by atoms with E-state index in [1.807, 2.05) is 12.1 Å². The molecule has 0 atom stereocenters. The molecule has 0 aliphatic carbocycles. The highest BCUT2D eigenvalue weighted by molar-refractivity contribution is 5.97. The molecule has 0 bridgehead atoms. The van der Waals surface area contributed by atoms with E-state index < -0.39 is 5.97 Å². The van der Waals surface area contributed by atoms with Crippen LogP contribution in [0.25, 0.3) is 10.9 Å². The molecule has 104 valence electrons. The van der Waals surface area contributed by atoms with Gasteiger partial charge in [-0.05, 0) is 43.1 Å². The SMILES string of the molecule is COc1ccc2[nH]c(C(=O)O)c(CCCN)c2c1.Cl. The van der Waals surface area contributed by atoms with Gasteiger partial charge in [0.25, 0.3) is 0 Å². The van der Waals surface area contributed by atoms with Crippen molar-refractivity contribution >= 4 is 29.3 Å². The number of carbonyl (C=O) groups is 1. The summed E-state index contributed by atoms with van der Waals surface area (Å²) in [5, 5.41) is 10.1. The lowest BCUT2D eigenvalue weighted by atomic mass is 10.1. The Labute approximate surface area is 117 Å². The first-order valence-corrected chi connectivity index (χ1v) is 5.79. The number of carboxylic acids is 1. The van der Waals surface area contributed by atoms with Gasteiger partial charge in [0.2, 0.25) is 0 Å². The molecule has 0 radical (unpaired) electrons. The van der Waals surface area contributed by atoms with Crippen LogP contribution in [-0.2, 0) is 6.42 Å². The number of aromatic nitrogens is 1. The van der Waals surface area contributed by atoms with Crippen LogP contribution in [0.15, 0.2) is 18.2 Å². The Balaban J connectivity index is 0.00000180. The topological polar surface area (TPSA) is 88.3 Å². The lowest BCUT2D eigenvalue weighted by Crippen LogP contribution is -2.05. The highest BCUT2D eigenvalue weighted by Gasteiger charge is 2.16. The molecule has 0 fully saturated rings. The summed E-state index contributed by atoms with van der Waals surface area (Å²) in [4.78, 5) is 14.1. The molecule has 1 aromatic carbocycles. The summed E-state index contributed by atoms with van der Waals surface area (Å²) < 4.78 is 5.17. The molecule has 1 heterocycles. The van der Waals surface area contributed by atoms with Crippen molar-refractivity contribution < 1.29 is 14.6 Å². The van der Waals surface area contributed by atoms with Gasteiger partial charge in [-0.15, -0.1) is 12.4 Å². The number of hydrogen-bond acceptors (Lipinski definition) is 3. The number of halogens is 1. The molecule has 0 saturated carbocycles. The number of methoxy groups -OCH3 is 1. The second kappa shape index (κ2) is 6.45. The summed E-state index contributed by atoms with van der Waals surface area (Å²) in [7, 11) is 1.59. The van der Waals surface area contributed by atoms with Gasteiger partial charge in [0.1, 0.15) is 11.4 Å². The van der Waals surface area contributed by atoms with E-state index in [0.717, 1.165) is 22.9 Å². The fourth-order valence-corrected chi connectivity index (χ4v) is 2.07. The Morgan fingerprint density at radius 1 is 1.47 bits per heavy atom. The first-order valence-electron chi connectivity index (χ1n) is 5.79. The lowest BCUT2D eigenvalue weighted by molar-refractivity contribution is 0.0690. The van der Waals surface area contributed by atoms with E-state index in [4.69, 9.17) is 10.5 Å². The molecule has 0 amide bonds. The number of benzene rings is 1. The van der Waals surface area contributed by atoms with Crippen molar-refractivity contribution in [3.8, 4) is 5.75 Å². The van der Waals surface area contributed by atoms with Crippen LogP contribution in [0, 0.1) is 0 Å². The van der Waals surface area contributed by atoms with Gasteiger partial charge in [-0.3, -0.25) is 0 Å². The molecule has 1 aromatic heterocycles. The largest absolute Gasteiger partial charge is 0.497 e. The minimum absolute atomic E-state index is 0. The number of aromatic amines is 1. The number of fused-ring (bicyclic) bond motifs is 1. The van der Waals surface area contributed by atoms with Crippen LogP contribution in [0.1, 0.15) is 22.5 Å². The van der Waals surface area contributed by atoms with Crippen molar-refractivity contribution in [1.82, 2.24) is 4.98 Å². The number of aromatic carboxylic acids is 1. The summed E-state index contributed by atoms with van der Waals surface area (Å²) >= 11 is 0. The third-order valence-electron chi connectivity index (χ3n) is 2.96. The maximum absolute atomic E-state index is 11.2. The minimum atomic E-state index is -0.947. The molecular formula is C13H17ClN2O3. The van der Waals surface area contributed by atoms with Gasteiger partial charge in [0.15, 0.2) is 0 Å². The smallest absolute Gasteiger partial charge is 0.352 e. The van der Waals surface area contributed by atoms with Gasteiger partial charge in [-0.25, -0.2) is 4.79 Å². The molecule has 0 aliphatic rings. The third kappa shape index (κ3) is 3.00. The van der Waals surface area contributed by atoms with Crippen LogP contribution >= 0.6 is 12.4 Å². The second-order valence-corrected chi connectivity index (χ2v) is 4.09. The number of H-pyrrole nitrogens is 1. The average Bonchev–Trinajstić information content (AvgIpc) is 2.74. The minimum Gasteiger partial charge on any atom is -0.497 e. The second-order valence-electron chi connectivity index (χ2n) is 4.09. The summed E-state index contributed by atoms with van der Waals surface area (Å²) in [6, 6.07) is 5.48. The quantitative estimate of drug-likeness (QED) is 0.785. The van der Waals surface area contributed by atoms with Crippen LogP contribution in [0.2, 0.25) is 0 Å². The van der Waals surface area contributed by atoms with Crippen LogP contribution < -0.4 is 10.5 Å². The normalized spacial score (nSPS) is 10.2. The van der Waals surface area contributed by atoms with Gasteiger partial charge in [-0.1, -0.05) is 0 Å². The highest BCUT2D eigenvalue weighted by Crippen LogP contribution is 2.27. The van der Waals surface area contributed by atoms with E-state index >= 15 is 0 Å². The maximum atomic E-state index is 11.2. The molecule has 5 nitrogen and oxygen atoms in total. The highest BCUT2D eigenvalue weighted by atomic mass is 35.5. The standard InChI is InChI=1S/C13H16N2O3.ClH/c1-18-8-4-5-11-10(7-8)9(3-2-6-14)12(15-11)13(16)17;/h4-5,7,15H,2-3,6,14H2,1H3,(H,16,17);1H. The number of rotatable bonds is 5. The summed E-state index contributed by atoms with van der Waals surface area (Å²) in [6.45, 7) is 0.537. The first-order chi connectivity index (χ1) is 8.67. The molecule has 19 heavy (non-hydrogen) atoms. The molecule has 0 unspecified atom stereocenters. The predicted molar refractivity (Wildman–Crippen MR) is 76.4 cm³/mol. The van der Waals surface area contributed by atoms with Gasteiger partial charge >= 0.3 is 5.97 Å². The van der Waals surface area contributed by atoms with Crippen molar-refractivity contribution in [3.63, 3.8) is 0 Å². The Hall–Kier alpha value is -1.72. The van der Waals surface area contributed by atoms with E-state index in [1.165, 1.54) is 0 Å². The molecule has 6 heteroatoms. The zero-order valence-electron chi connectivity index (χ0n) is 10.6. The van der Waals surface area contributed by atoms with Gasteiger partial charge < -0.3 is 20.6 Å². The van der Waals surface area contributed by atoms with E-state index in [2.05, 4.69) is 4.98 Å². The Bertz CT molecular complexity index is 581. The lowest BCUT2D eigenvalue weighted by Gasteiger charge is -2.02. The van der Waals surface area contributed by atoms with E-state index in [1.54, 1.807) is 13.2 Å². The zero-order valence-corrected chi connectivity index (χ0v) is 11.4. The molecule has 0 spiro atoms. The Morgan fingerprint density at radius 2 is 2.21 bits per heavy atom. The van der Waals surface area contributed by atoms with E-state index in [9.17, 15) is 9.90 Å². The monoisotopic (exact) mass is 284 g/mol. The van der Waals surface area contributed by atoms with E-state index in [-0.39, 0.29) is 18.1 Å². The first kappa shape index (κ1) is 15.3. The number of ether oxygens (including phenoxy) is 1. The molecule has 2 rings (SSSR count). The van der Waals surface area contributed by atoms with Crippen LogP contribution in [0.4, 0.5) is 0 Å². The molecule has 2 aromatic rings. The number of aryl methyl sites for hydroxylation is 1. The van der Waals surface area contributed by atoms with Crippen molar-refractivity contribution in [2.45, 2.75) is 12.8 Å². The molecule has 4 N–H and O–H groups in total. The number of carboxylic acid groups (broad SMARTS) is 1. The summed E-state index contributed by atoms with van der Waals surface area (Å²) in [5.41, 5.74) is 7.33. The van der Waals surface area contributed by atoms with Crippen molar-refractivity contribution in [2.24, 2.45) is 5.73 Å². The van der Waals surface area contributed by atoms with E-state index in [0.29, 0.717) is 18.7 Å². The predicted octanol–water partition coefficient (Wildman–Crippen LogP) is 2.19. The zero-order chi connectivity index (χ0) is 13.1. The number of nitrogens with two attached hydrogens (primary N) is 1. The van der Waals surface area contributed by atoms with Crippen molar-refractivity contribution in [3.05, 3.63) is 29.5 Å². The van der Waals surface area contributed by atoms with Crippen LogP contribution in [0.3, 0.4) is 0 Å². The van der Waals surface area contributed by atoms with Crippen molar-refractivity contribution in [1.29, 1.82) is 0 Å². The third-order valence-corrected chi connectivity index (χ3v) is 2.96. The van der Waals surface area contributed by atoms with Crippen LogP contribution in [0.5, 0.6) is 5.75 Å². The molecular weight excluding hydrogens is 268 g/mol. The van der Waals surface area contributed by atoms with Crippen molar-refractivity contribution in [2.75, 3.05) is 13.7 Å². The number of nitrogens with one attached hydrogen (secondary N) is 1. The molecule has 0 saturated heterocycles. The van der Waals surface area contributed by atoms with Crippen LogP contribution in [-0.4, -0.2) is 29.7 Å². The summed E-state index contributed by atoms with van der Waals surface area (Å²) in [5.74, 6) is -0.232. The Kier molecular flexibility index (Phi) is 5.20. The fourth-order valence-electron chi connectivity index (χ4n) is 2.07. The molecule has 0 aliphatic heterocycles. The fraction of sp³-hybridized carbons (Fsp3) is 0.308. The van der Waals surface area contributed by atoms with Gasteiger partial charge in [0.05, 0.1) is 7.11 Å². The van der Waals surface area contributed by atoms with Gasteiger partial charge in [-0.2, -0.15) is 0 Å². The number of hydrogen-bond donors (Lipinski definition) is 3.